The molecule has 1 aromatic heterocycles. The van der Waals surface area contributed by atoms with Crippen molar-refractivity contribution >= 4 is 34.0 Å². The summed E-state index contributed by atoms with van der Waals surface area (Å²) in [5.74, 6) is -0.117. The van der Waals surface area contributed by atoms with Gasteiger partial charge in [-0.05, 0) is 23.6 Å². The lowest BCUT2D eigenvalue weighted by atomic mass is 10.0. The summed E-state index contributed by atoms with van der Waals surface area (Å²) in [6, 6.07) is 8.42. The summed E-state index contributed by atoms with van der Waals surface area (Å²) in [6.45, 7) is 1.30. The van der Waals surface area contributed by atoms with E-state index in [1.54, 1.807) is 30.3 Å². The van der Waals surface area contributed by atoms with Crippen LogP contribution in [0.3, 0.4) is 0 Å². The Morgan fingerprint density at radius 3 is 2.71 bits per heavy atom. The fourth-order valence-electron chi connectivity index (χ4n) is 2.25. The van der Waals surface area contributed by atoms with Crippen LogP contribution in [0, 0.1) is 0 Å². The Bertz CT molecular complexity index is 936. The second kappa shape index (κ2) is 4.86. The highest BCUT2D eigenvalue weighted by molar-refractivity contribution is 6.07. The molecule has 21 heavy (non-hydrogen) atoms. The van der Waals surface area contributed by atoms with Crippen molar-refractivity contribution < 1.29 is 18.7 Å². The van der Waals surface area contributed by atoms with E-state index in [4.69, 9.17) is 9.15 Å². The van der Waals surface area contributed by atoms with E-state index in [0.29, 0.717) is 28.4 Å². The molecule has 2 aromatic carbocycles. The summed E-state index contributed by atoms with van der Waals surface area (Å²) in [6.07, 6.45) is 1.60. The SMILES string of the molecule is CC(=O)Oc1ccc2ccc3occ(C=O)c(=O)c3c2c1. The third-order valence-electron chi connectivity index (χ3n) is 3.15. The molecule has 0 radical (unpaired) electrons. The second-order valence-corrected chi connectivity index (χ2v) is 4.55. The summed E-state index contributed by atoms with van der Waals surface area (Å²) < 4.78 is 10.3. The monoisotopic (exact) mass is 282 g/mol. The number of fused-ring (bicyclic) bond motifs is 3. The van der Waals surface area contributed by atoms with Crippen LogP contribution in [0.5, 0.6) is 5.75 Å². The average molecular weight is 282 g/mol. The van der Waals surface area contributed by atoms with Gasteiger partial charge in [-0.25, -0.2) is 0 Å². The summed E-state index contributed by atoms with van der Waals surface area (Å²) in [5, 5.41) is 1.66. The lowest BCUT2D eigenvalue weighted by molar-refractivity contribution is -0.131. The fraction of sp³-hybridized carbons (Fsp3) is 0.0625. The molecule has 0 amide bonds. The number of benzene rings is 2. The zero-order valence-corrected chi connectivity index (χ0v) is 11.1. The minimum absolute atomic E-state index is 0.0483. The highest BCUT2D eigenvalue weighted by Gasteiger charge is 2.11. The van der Waals surface area contributed by atoms with Gasteiger partial charge in [0.1, 0.15) is 17.6 Å². The average Bonchev–Trinajstić information content (AvgIpc) is 2.46. The molecule has 0 aliphatic heterocycles. The van der Waals surface area contributed by atoms with Crippen LogP contribution in [0.2, 0.25) is 0 Å². The molecule has 0 bridgehead atoms. The molecule has 0 unspecified atom stereocenters. The Labute approximate surface area is 118 Å². The first-order chi connectivity index (χ1) is 10.1. The number of rotatable bonds is 2. The number of esters is 1. The zero-order valence-electron chi connectivity index (χ0n) is 11.1. The van der Waals surface area contributed by atoms with E-state index < -0.39 is 11.4 Å². The Balaban J connectivity index is 2.41. The van der Waals surface area contributed by atoms with Crippen molar-refractivity contribution in [1.29, 1.82) is 0 Å². The van der Waals surface area contributed by atoms with Gasteiger partial charge in [-0.2, -0.15) is 0 Å². The van der Waals surface area contributed by atoms with Gasteiger partial charge in [-0.1, -0.05) is 12.1 Å². The summed E-state index contributed by atoms with van der Waals surface area (Å²) >= 11 is 0. The van der Waals surface area contributed by atoms with Crippen LogP contribution in [0.15, 0.2) is 45.8 Å². The van der Waals surface area contributed by atoms with Crippen LogP contribution in [-0.2, 0) is 4.79 Å². The molecule has 0 saturated heterocycles. The van der Waals surface area contributed by atoms with Gasteiger partial charge in [0.15, 0.2) is 6.29 Å². The summed E-state index contributed by atoms with van der Waals surface area (Å²) in [4.78, 5) is 34.2. The Kier molecular flexibility index (Phi) is 3.02. The Hall–Kier alpha value is -2.95. The lowest BCUT2D eigenvalue weighted by Crippen LogP contribution is -2.08. The van der Waals surface area contributed by atoms with Crippen LogP contribution >= 0.6 is 0 Å². The highest BCUT2D eigenvalue weighted by Crippen LogP contribution is 2.27. The van der Waals surface area contributed by atoms with Crippen molar-refractivity contribution in [3.63, 3.8) is 0 Å². The molecule has 0 fully saturated rings. The van der Waals surface area contributed by atoms with Crippen LogP contribution in [0.4, 0.5) is 0 Å². The highest BCUT2D eigenvalue weighted by atomic mass is 16.5. The minimum atomic E-state index is -0.449. The van der Waals surface area contributed by atoms with Crippen LogP contribution in [0.25, 0.3) is 21.7 Å². The molecule has 5 nitrogen and oxygen atoms in total. The summed E-state index contributed by atoms with van der Waals surface area (Å²) in [5.41, 5.74) is -0.0808. The molecule has 0 aliphatic carbocycles. The molecule has 0 saturated carbocycles. The quantitative estimate of drug-likeness (QED) is 0.313. The minimum Gasteiger partial charge on any atom is -0.463 e. The maximum absolute atomic E-state index is 12.3. The van der Waals surface area contributed by atoms with Gasteiger partial charge in [-0.15, -0.1) is 0 Å². The van der Waals surface area contributed by atoms with E-state index in [9.17, 15) is 14.4 Å². The van der Waals surface area contributed by atoms with E-state index in [0.717, 1.165) is 11.6 Å². The fourth-order valence-corrected chi connectivity index (χ4v) is 2.25. The van der Waals surface area contributed by atoms with Gasteiger partial charge in [0, 0.05) is 12.3 Å². The van der Waals surface area contributed by atoms with Gasteiger partial charge < -0.3 is 9.15 Å². The van der Waals surface area contributed by atoms with E-state index in [1.807, 2.05) is 0 Å². The Morgan fingerprint density at radius 1 is 1.24 bits per heavy atom. The molecular weight excluding hydrogens is 272 g/mol. The van der Waals surface area contributed by atoms with E-state index >= 15 is 0 Å². The molecule has 0 aliphatic rings. The maximum atomic E-state index is 12.3. The molecule has 3 aromatic rings. The first kappa shape index (κ1) is 13.1. The van der Waals surface area contributed by atoms with Crippen LogP contribution in [-0.4, -0.2) is 12.3 Å². The second-order valence-electron chi connectivity index (χ2n) is 4.55. The van der Waals surface area contributed by atoms with Crippen molar-refractivity contribution in [1.82, 2.24) is 0 Å². The number of carbonyl (C=O) groups is 2. The lowest BCUT2D eigenvalue weighted by Gasteiger charge is -2.06. The molecule has 104 valence electrons. The third kappa shape index (κ3) is 2.18. The van der Waals surface area contributed by atoms with Crippen molar-refractivity contribution in [2.75, 3.05) is 0 Å². The number of carbonyl (C=O) groups excluding carboxylic acids is 2. The van der Waals surface area contributed by atoms with E-state index in [2.05, 4.69) is 0 Å². The van der Waals surface area contributed by atoms with E-state index in [-0.39, 0.29) is 5.56 Å². The smallest absolute Gasteiger partial charge is 0.308 e. The van der Waals surface area contributed by atoms with E-state index in [1.165, 1.54) is 6.92 Å². The standard InChI is InChI=1S/C16H10O5/c1-9(18)21-12-4-2-10-3-5-14-15(13(10)6-12)16(19)11(7-17)8-20-14/h2-8H,1H3. The van der Waals surface area contributed by atoms with Gasteiger partial charge in [0.05, 0.1) is 10.9 Å². The van der Waals surface area contributed by atoms with Crippen molar-refractivity contribution in [2.45, 2.75) is 6.92 Å². The molecule has 0 atom stereocenters. The first-order valence-electron chi connectivity index (χ1n) is 6.22. The third-order valence-corrected chi connectivity index (χ3v) is 3.15. The molecular formula is C16H10O5. The van der Waals surface area contributed by atoms with Gasteiger partial charge >= 0.3 is 5.97 Å². The van der Waals surface area contributed by atoms with Crippen LogP contribution < -0.4 is 10.2 Å². The maximum Gasteiger partial charge on any atom is 0.308 e. The van der Waals surface area contributed by atoms with Gasteiger partial charge in [0.25, 0.3) is 0 Å². The number of hydrogen-bond donors (Lipinski definition) is 0. The van der Waals surface area contributed by atoms with Crippen molar-refractivity contribution in [2.24, 2.45) is 0 Å². The largest absolute Gasteiger partial charge is 0.463 e. The first-order valence-corrected chi connectivity index (χ1v) is 6.22. The van der Waals surface area contributed by atoms with Gasteiger partial charge in [-0.3, -0.25) is 14.4 Å². The van der Waals surface area contributed by atoms with Crippen LogP contribution in [0.1, 0.15) is 17.3 Å². The predicted octanol–water partition coefficient (Wildman–Crippen LogP) is 2.68. The normalized spacial score (nSPS) is 10.7. The number of ether oxygens (including phenoxy) is 1. The molecule has 3 rings (SSSR count). The van der Waals surface area contributed by atoms with Crippen molar-refractivity contribution in [3.05, 3.63) is 52.4 Å². The van der Waals surface area contributed by atoms with Gasteiger partial charge in [0.2, 0.25) is 5.43 Å². The van der Waals surface area contributed by atoms with Crippen molar-refractivity contribution in [3.8, 4) is 5.75 Å². The Morgan fingerprint density at radius 2 is 2.00 bits per heavy atom. The topological polar surface area (TPSA) is 73.6 Å². The predicted molar refractivity (Wildman–Crippen MR) is 76.7 cm³/mol. The number of hydrogen-bond acceptors (Lipinski definition) is 5. The molecule has 5 heteroatoms. The summed E-state index contributed by atoms with van der Waals surface area (Å²) in [7, 11) is 0. The zero-order chi connectivity index (χ0) is 15.0. The number of aldehydes is 1. The molecule has 1 heterocycles. The molecule has 0 spiro atoms. The molecule has 0 N–H and O–H groups in total.